The molecule has 2 aromatic rings. The topological polar surface area (TPSA) is 46.5 Å². The summed E-state index contributed by atoms with van der Waals surface area (Å²) < 4.78 is 5.24. The molecule has 1 radical (unpaired) electrons. The molecule has 0 bridgehead atoms. The quantitative estimate of drug-likeness (QED) is 0.873. The highest BCUT2D eigenvalue weighted by atomic mass is 16.5. The Balaban J connectivity index is 2.31. The normalized spacial score (nSPS) is 9.88. The van der Waals surface area contributed by atoms with Crippen molar-refractivity contribution >= 4 is 5.97 Å². The minimum absolute atomic E-state index is 0.337. The Morgan fingerprint density at radius 3 is 2.59 bits per heavy atom. The molecular formula is C14H11O3. The standard InChI is InChI=1S/C14H11O3/c15-14(16)10-17-13-9-5-4-8-12(13)11-6-2-1-3-7-11/h2-9H,10H2,(H,15,16). The molecule has 0 unspecified atom stereocenters. The maximum atomic E-state index is 10.5. The zero-order chi connectivity index (χ0) is 12.1. The Hall–Kier alpha value is -2.29. The number of carbonyl (C=O) groups is 1. The van der Waals surface area contributed by atoms with Gasteiger partial charge in [-0.05, 0) is 17.7 Å². The van der Waals surface area contributed by atoms with Crippen LogP contribution in [0.5, 0.6) is 5.75 Å². The predicted octanol–water partition coefficient (Wildman–Crippen LogP) is 2.62. The molecule has 0 aliphatic carbocycles. The van der Waals surface area contributed by atoms with Crippen molar-refractivity contribution in [3.63, 3.8) is 0 Å². The molecule has 0 aromatic heterocycles. The number of aliphatic carboxylic acids is 1. The fraction of sp³-hybridized carbons (Fsp3) is 0.0714. The lowest BCUT2D eigenvalue weighted by atomic mass is 10.1. The lowest BCUT2D eigenvalue weighted by Crippen LogP contribution is -2.09. The van der Waals surface area contributed by atoms with Crippen molar-refractivity contribution in [2.45, 2.75) is 0 Å². The molecule has 0 fully saturated rings. The van der Waals surface area contributed by atoms with Crippen LogP contribution in [0.25, 0.3) is 11.1 Å². The van der Waals surface area contributed by atoms with E-state index in [-0.39, 0.29) is 6.61 Å². The van der Waals surface area contributed by atoms with Crippen LogP contribution < -0.4 is 4.74 Å². The van der Waals surface area contributed by atoms with E-state index in [9.17, 15) is 4.79 Å². The summed E-state index contributed by atoms with van der Waals surface area (Å²) in [5, 5.41) is 8.61. The molecule has 0 amide bonds. The molecule has 85 valence electrons. The van der Waals surface area contributed by atoms with Crippen LogP contribution in [0.15, 0.2) is 48.5 Å². The third kappa shape index (κ3) is 2.84. The molecule has 2 aromatic carbocycles. The Bertz CT molecular complexity index is 506. The van der Waals surface area contributed by atoms with Crippen LogP contribution in [0, 0.1) is 6.07 Å². The number of para-hydroxylation sites is 1. The van der Waals surface area contributed by atoms with Gasteiger partial charge in [0.15, 0.2) is 6.61 Å². The highest BCUT2D eigenvalue weighted by Crippen LogP contribution is 2.29. The van der Waals surface area contributed by atoms with E-state index < -0.39 is 5.97 Å². The summed E-state index contributed by atoms with van der Waals surface area (Å²) in [5.74, 6) is -0.415. The van der Waals surface area contributed by atoms with Crippen molar-refractivity contribution in [2.75, 3.05) is 6.61 Å². The summed E-state index contributed by atoms with van der Waals surface area (Å²) in [5.41, 5.74) is 1.85. The van der Waals surface area contributed by atoms with Crippen LogP contribution in [0.4, 0.5) is 0 Å². The minimum Gasteiger partial charge on any atom is -0.481 e. The number of benzene rings is 2. The largest absolute Gasteiger partial charge is 0.481 e. The van der Waals surface area contributed by atoms with Gasteiger partial charge >= 0.3 is 5.97 Å². The first-order chi connectivity index (χ1) is 8.27. The number of ether oxygens (including phenoxy) is 1. The fourth-order valence-electron chi connectivity index (χ4n) is 1.54. The first-order valence-corrected chi connectivity index (χ1v) is 5.17. The molecule has 0 aliphatic heterocycles. The molecule has 0 saturated heterocycles. The average Bonchev–Trinajstić information content (AvgIpc) is 2.38. The molecule has 0 atom stereocenters. The van der Waals surface area contributed by atoms with Gasteiger partial charge in [-0.25, -0.2) is 4.79 Å². The second-order valence-corrected chi connectivity index (χ2v) is 3.47. The summed E-state index contributed by atoms with van der Waals surface area (Å²) in [6, 6.07) is 17.7. The van der Waals surface area contributed by atoms with E-state index in [1.807, 2.05) is 42.5 Å². The van der Waals surface area contributed by atoms with E-state index in [0.29, 0.717) is 5.75 Å². The lowest BCUT2D eigenvalue weighted by molar-refractivity contribution is -0.139. The third-order valence-electron chi connectivity index (χ3n) is 2.27. The second kappa shape index (κ2) is 5.16. The predicted molar refractivity (Wildman–Crippen MR) is 63.8 cm³/mol. The maximum absolute atomic E-state index is 10.5. The van der Waals surface area contributed by atoms with Gasteiger partial charge in [0.25, 0.3) is 0 Å². The van der Waals surface area contributed by atoms with E-state index in [0.717, 1.165) is 11.1 Å². The smallest absolute Gasteiger partial charge is 0.341 e. The van der Waals surface area contributed by atoms with Crippen molar-refractivity contribution in [2.24, 2.45) is 0 Å². The minimum atomic E-state index is -0.985. The zero-order valence-corrected chi connectivity index (χ0v) is 9.09. The van der Waals surface area contributed by atoms with Crippen LogP contribution in [0.3, 0.4) is 0 Å². The van der Waals surface area contributed by atoms with Gasteiger partial charge in [-0.2, -0.15) is 0 Å². The van der Waals surface area contributed by atoms with Gasteiger partial charge in [0.05, 0.1) is 0 Å². The van der Waals surface area contributed by atoms with Gasteiger partial charge in [0.1, 0.15) is 5.75 Å². The number of hydrogen-bond donors (Lipinski definition) is 1. The summed E-state index contributed by atoms with van der Waals surface area (Å²) in [7, 11) is 0. The molecule has 1 N–H and O–H groups in total. The molecule has 3 nitrogen and oxygen atoms in total. The first kappa shape index (κ1) is 11.2. The Morgan fingerprint density at radius 1 is 1.18 bits per heavy atom. The second-order valence-electron chi connectivity index (χ2n) is 3.47. The van der Waals surface area contributed by atoms with Gasteiger partial charge in [-0.15, -0.1) is 0 Å². The molecule has 17 heavy (non-hydrogen) atoms. The molecule has 2 rings (SSSR count). The summed E-state index contributed by atoms with van der Waals surface area (Å²) in [6.07, 6.45) is 0. The first-order valence-electron chi connectivity index (χ1n) is 5.17. The van der Waals surface area contributed by atoms with Gasteiger partial charge in [0, 0.05) is 5.56 Å². The Labute approximate surface area is 99.3 Å². The Kier molecular flexibility index (Phi) is 3.40. The Morgan fingerprint density at radius 2 is 1.88 bits per heavy atom. The van der Waals surface area contributed by atoms with E-state index in [1.54, 1.807) is 6.07 Å². The molecule has 0 heterocycles. The highest BCUT2D eigenvalue weighted by molar-refractivity contribution is 5.72. The summed E-state index contributed by atoms with van der Waals surface area (Å²) in [6.45, 7) is -0.337. The number of rotatable bonds is 4. The monoisotopic (exact) mass is 227 g/mol. The summed E-state index contributed by atoms with van der Waals surface area (Å²) >= 11 is 0. The maximum Gasteiger partial charge on any atom is 0.341 e. The fourth-order valence-corrected chi connectivity index (χ4v) is 1.54. The molecule has 0 saturated carbocycles. The van der Waals surface area contributed by atoms with E-state index in [2.05, 4.69) is 6.07 Å². The highest BCUT2D eigenvalue weighted by Gasteiger charge is 2.06. The van der Waals surface area contributed by atoms with Crippen molar-refractivity contribution < 1.29 is 14.6 Å². The molecule has 3 heteroatoms. The third-order valence-corrected chi connectivity index (χ3v) is 2.27. The van der Waals surface area contributed by atoms with Gasteiger partial charge in [0.2, 0.25) is 0 Å². The zero-order valence-electron chi connectivity index (χ0n) is 9.09. The van der Waals surface area contributed by atoms with Crippen LogP contribution in [0.2, 0.25) is 0 Å². The van der Waals surface area contributed by atoms with E-state index >= 15 is 0 Å². The van der Waals surface area contributed by atoms with Gasteiger partial charge < -0.3 is 9.84 Å². The van der Waals surface area contributed by atoms with Gasteiger partial charge in [-0.3, -0.25) is 0 Å². The van der Waals surface area contributed by atoms with Crippen LogP contribution in [0.1, 0.15) is 0 Å². The van der Waals surface area contributed by atoms with Crippen LogP contribution in [-0.4, -0.2) is 17.7 Å². The molecule has 0 spiro atoms. The van der Waals surface area contributed by atoms with Crippen LogP contribution in [-0.2, 0) is 4.79 Å². The number of carboxylic acid groups (broad SMARTS) is 1. The van der Waals surface area contributed by atoms with Crippen molar-refractivity contribution in [3.8, 4) is 16.9 Å². The van der Waals surface area contributed by atoms with Gasteiger partial charge in [-0.1, -0.05) is 42.5 Å². The van der Waals surface area contributed by atoms with Crippen molar-refractivity contribution in [1.82, 2.24) is 0 Å². The number of hydrogen-bond acceptors (Lipinski definition) is 2. The van der Waals surface area contributed by atoms with Crippen molar-refractivity contribution in [1.29, 1.82) is 0 Å². The summed E-state index contributed by atoms with van der Waals surface area (Å²) in [4.78, 5) is 10.5. The SMILES string of the molecule is O=C(O)COc1ccccc1-c1cc[c]cc1. The molecular weight excluding hydrogens is 216 g/mol. The van der Waals surface area contributed by atoms with E-state index in [4.69, 9.17) is 9.84 Å². The average molecular weight is 227 g/mol. The van der Waals surface area contributed by atoms with Crippen molar-refractivity contribution in [3.05, 3.63) is 54.6 Å². The van der Waals surface area contributed by atoms with Crippen LogP contribution >= 0.6 is 0 Å². The van der Waals surface area contributed by atoms with E-state index in [1.165, 1.54) is 0 Å². The number of carboxylic acids is 1. The lowest BCUT2D eigenvalue weighted by Gasteiger charge is -2.09. The molecule has 0 aliphatic rings.